The number of phenolic OH excluding ortho intramolecular Hbond substituents is 1. The van der Waals surface area contributed by atoms with Crippen LogP contribution in [0.25, 0.3) is 10.8 Å². The van der Waals surface area contributed by atoms with Gasteiger partial charge in [-0.05, 0) is 24.6 Å². The predicted molar refractivity (Wildman–Crippen MR) is 62.3 cm³/mol. The molecule has 0 spiro atoms. The fraction of sp³-hybridized carbons (Fsp3) is 0.250. The lowest BCUT2D eigenvalue weighted by Crippen LogP contribution is -2.04. The van der Waals surface area contributed by atoms with Gasteiger partial charge in [0, 0.05) is 11.6 Å². The summed E-state index contributed by atoms with van der Waals surface area (Å²) in [5.74, 6) is 0.184. The van der Waals surface area contributed by atoms with E-state index < -0.39 is 0 Å². The number of phenols is 1. The highest BCUT2D eigenvalue weighted by molar-refractivity contribution is 5.88. The lowest BCUT2D eigenvalue weighted by molar-refractivity contribution is 0.477. The number of pyridine rings is 1. The Bertz CT molecular complexity index is 515. The highest BCUT2D eigenvalue weighted by atomic mass is 16.3. The number of aromatic hydroxyl groups is 1. The van der Waals surface area contributed by atoms with Crippen molar-refractivity contribution < 1.29 is 5.11 Å². The number of fused-ring (bicyclic) bond motifs is 1. The van der Waals surface area contributed by atoms with Crippen molar-refractivity contribution in [2.45, 2.75) is 20.8 Å². The van der Waals surface area contributed by atoms with E-state index in [-0.39, 0.29) is 11.3 Å². The van der Waals surface area contributed by atoms with Gasteiger partial charge in [0.2, 0.25) is 0 Å². The lowest BCUT2D eigenvalue weighted by atomic mass is 10.1. The van der Waals surface area contributed by atoms with Crippen molar-refractivity contribution in [3.05, 3.63) is 40.3 Å². The van der Waals surface area contributed by atoms with Crippen LogP contribution in [0.15, 0.2) is 29.2 Å². The average Bonchev–Trinajstić information content (AvgIpc) is 2.27. The quantitative estimate of drug-likeness (QED) is 0.694. The van der Waals surface area contributed by atoms with Gasteiger partial charge in [0.15, 0.2) is 0 Å². The first kappa shape index (κ1) is 11.3. The van der Waals surface area contributed by atoms with Crippen LogP contribution in [-0.4, -0.2) is 10.1 Å². The summed E-state index contributed by atoms with van der Waals surface area (Å²) >= 11 is 0. The number of hydrogen-bond donors (Lipinski definition) is 2. The summed E-state index contributed by atoms with van der Waals surface area (Å²) < 4.78 is 0. The minimum absolute atomic E-state index is 0.173. The van der Waals surface area contributed by atoms with E-state index in [9.17, 15) is 9.90 Å². The topological polar surface area (TPSA) is 53.1 Å². The molecule has 0 unspecified atom stereocenters. The molecule has 0 aliphatic heterocycles. The second-order valence-electron chi connectivity index (χ2n) is 3.00. The van der Waals surface area contributed by atoms with Gasteiger partial charge in [0.05, 0.1) is 5.39 Å². The molecule has 0 saturated heterocycles. The van der Waals surface area contributed by atoms with Gasteiger partial charge in [0.1, 0.15) is 5.75 Å². The Hall–Kier alpha value is -1.77. The molecule has 1 aromatic carbocycles. The first-order valence-electron chi connectivity index (χ1n) is 5.00. The van der Waals surface area contributed by atoms with Gasteiger partial charge in [-0.15, -0.1) is 0 Å². The number of nitrogens with one attached hydrogen (secondary N) is 1. The predicted octanol–water partition coefficient (Wildman–Crippen LogP) is 2.57. The van der Waals surface area contributed by atoms with Crippen molar-refractivity contribution in [2.75, 3.05) is 0 Å². The van der Waals surface area contributed by atoms with Gasteiger partial charge >= 0.3 is 0 Å². The molecule has 0 saturated carbocycles. The average molecular weight is 205 g/mol. The number of rotatable bonds is 0. The van der Waals surface area contributed by atoms with Crippen LogP contribution in [-0.2, 0) is 0 Å². The second kappa shape index (κ2) is 4.64. The number of hydrogen-bond acceptors (Lipinski definition) is 2. The Kier molecular flexibility index (Phi) is 3.50. The van der Waals surface area contributed by atoms with E-state index in [2.05, 4.69) is 4.98 Å². The van der Waals surface area contributed by atoms with E-state index in [4.69, 9.17) is 0 Å². The molecule has 0 amide bonds. The molecule has 0 atom stereocenters. The highest BCUT2D eigenvalue weighted by Gasteiger charge is 2.04. The van der Waals surface area contributed by atoms with Gasteiger partial charge < -0.3 is 10.1 Å². The Morgan fingerprint density at radius 3 is 2.47 bits per heavy atom. The lowest BCUT2D eigenvalue weighted by Gasteiger charge is -2.02. The van der Waals surface area contributed by atoms with Crippen molar-refractivity contribution in [1.82, 2.24) is 4.98 Å². The van der Waals surface area contributed by atoms with E-state index in [1.54, 1.807) is 25.1 Å². The molecule has 2 rings (SSSR count). The molecule has 2 aromatic rings. The maximum absolute atomic E-state index is 11.3. The summed E-state index contributed by atoms with van der Waals surface area (Å²) in [6.07, 6.45) is 1.53. The summed E-state index contributed by atoms with van der Waals surface area (Å²) in [4.78, 5) is 13.8. The van der Waals surface area contributed by atoms with Crippen LogP contribution in [0.4, 0.5) is 0 Å². The summed E-state index contributed by atoms with van der Waals surface area (Å²) in [6, 6.07) is 5.13. The molecule has 0 radical (unpaired) electrons. The Morgan fingerprint density at radius 2 is 1.80 bits per heavy atom. The number of aromatic nitrogens is 1. The van der Waals surface area contributed by atoms with E-state index in [0.29, 0.717) is 10.8 Å². The van der Waals surface area contributed by atoms with Crippen molar-refractivity contribution in [3.63, 3.8) is 0 Å². The van der Waals surface area contributed by atoms with Crippen molar-refractivity contribution in [2.24, 2.45) is 0 Å². The number of H-pyrrole nitrogens is 1. The maximum Gasteiger partial charge on any atom is 0.255 e. The highest BCUT2D eigenvalue weighted by Crippen LogP contribution is 2.25. The van der Waals surface area contributed by atoms with E-state index in [0.717, 1.165) is 5.56 Å². The molecule has 1 heterocycles. The zero-order valence-electron chi connectivity index (χ0n) is 9.16. The summed E-state index contributed by atoms with van der Waals surface area (Å²) in [7, 11) is 0. The van der Waals surface area contributed by atoms with Gasteiger partial charge in [-0.1, -0.05) is 19.9 Å². The zero-order chi connectivity index (χ0) is 11.4. The fourth-order valence-corrected chi connectivity index (χ4v) is 1.36. The molecule has 3 nitrogen and oxygen atoms in total. The number of aromatic amines is 1. The first-order valence-corrected chi connectivity index (χ1v) is 5.00. The van der Waals surface area contributed by atoms with Gasteiger partial charge in [0.25, 0.3) is 5.56 Å². The molecule has 80 valence electrons. The molecular weight excluding hydrogens is 190 g/mol. The van der Waals surface area contributed by atoms with Crippen LogP contribution in [0.3, 0.4) is 0 Å². The zero-order valence-corrected chi connectivity index (χ0v) is 9.16. The van der Waals surface area contributed by atoms with Crippen LogP contribution in [0.5, 0.6) is 5.75 Å². The van der Waals surface area contributed by atoms with E-state index in [1.807, 2.05) is 13.8 Å². The van der Waals surface area contributed by atoms with Crippen molar-refractivity contribution >= 4 is 10.8 Å². The SMILES string of the molecule is CC.Cc1ccc2c(=O)[nH]ccc2c1O. The molecule has 3 heteroatoms. The van der Waals surface area contributed by atoms with Crippen LogP contribution >= 0.6 is 0 Å². The monoisotopic (exact) mass is 205 g/mol. The molecule has 15 heavy (non-hydrogen) atoms. The van der Waals surface area contributed by atoms with E-state index in [1.165, 1.54) is 6.20 Å². The van der Waals surface area contributed by atoms with Gasteiger partial charge in [-0.2, -0.15) is 0 Å². The second-order valence-corrected chi connectivity index (χ2v) is 3.00. The molecular formula is C12H15NO2. The summed E-state index contributed by atoms with van der Waals surface area (Å²) in [6.45, 7) is 5.80. The number of aryl methyl sites for hydroxylation is 1. The first-order chi connectivity index (χ1) is 7.20. The maximum atomic E-state index is 11.3. The fourth-order valence-electron chi connectivity index (χ4n) is 1.36. The third-order valence-corrected chi connectivity index (χ3v) is 2.13. The van der Waals surface area contributed by atoms with Crippen molar-refractivity contribution in [3.8, 4) is 5.75 Å². The molecule has 2 N–H and O–H groups in total. The Morgan fingerprint density at radius 1 is 1.13 bits per heavy atom. The molecule has 0 aliphatic carbocycles. The molecule has 0 bridgehead atoms. The minimum atomic E-state index is -0.173. The normalized spacial score (nSPS) is 9.53. The van der Waals surface area contributed by atoms with Crippen LogP contribution in [0.1, 0.15) is 19.4 Å². The summed E-state index contributed by atoms with van der Waals surface area (Å²) in [5.41, 5.74) is 0.603. The van der Waals surface area contributed by atoms with Crippen LogP contribution in [0, 0.1) is 6.92 Å². The van der Waals surface area contributed by atoms with Crippen molar-refractivity contribution in [1.29, 1.82) is 0 Å². The van der Waals surface area contributed by atoms with E-state index >= 15 is 0 Å². The third kappa shape index (κ3) is 2.01. The Balaban J connectivity index is 0.000000531. The smallest absolute Gasteiger partial charge is 0.255 e. The third-order valence-electron chi connectivity index (χ3n) is 2.13. The van der Waals surface area contributed by atoms with Gasteiger partial charge in [-0.3, -0.25) is 4.79 Å². The largest absolute Gasteiger partial charge is 0.507 e. The number of benzene rings is 1. The summed E-state index contributed by atoms with van der Waals surface area (Å²) in [5, 5.41) is 10.7. The van der Waals surface area contributed by atoms with Gasteiger partial charge in [-0.25, -0.2) is 0 Å². The van der Waals surface area contributed by atoms with Crippen LogP contribution < -0.4 is 5.56 Å². The Labute approximate surface area is 88.4 Å². The molecule has 0 aliphatic rings. The molecule has 1 aromatic heterocycles. The standard InChI is InChI=1S/C10H9NO2.C2H6/c1-6-2-3-8-7(9(6)12)4-5-11-10(8)13;1-2/h2-5,12H,1H3,(H,11,13);1-2H3. The minimum Gasteiger partial charge on any atom is -0.507 e. The molecule has 0 fully saturated rings. The van der Waals surface area contributed by atoms with Crippen LogP contribution in [0.2, 0.25) is 0 Å².